The number of methoxy groups -OCH3 is 1. The Morgan fingerprint density at radius 3 is 1.90 bits per heavy atom. The van der Waals surface area contributed by atoms with Crippen molar-refractivity contribution in [3.05, 3.63) is 48.5 Å². The Kier molecular flexibility index (Phi) is 4.60. The number of esters is 1. The summed E-state index contributed by atoms with van der Waals surface area (Å²) in [6, 6.07) is 14.9. The van der Waals surface area contributed by atoms with Crippen LogP contribution >= 0.6 is 0 Å². The third-order valence-electron chi connectivity index (χ3n) is 2.75. The number of carbonyl (C=O) groups excluding carboxylic acids is 1. The monoisotopic (exact) mass is 271 g/mol. The highest BCUT2D eigenvalue weighted by Crippen LogP contribution is 2.22. The van der Waals surface area contributed by atoms with Gasteiger partial charge < -0.3 is 14.8 Å². The van der Waals surface area contributed by atoms with Gasteiger partial charge in [0.05, 0.1) is 7.11 Å². The molecule has 104 valence electrons. The molecule has 0 aliphatic carbocycles. The van der Waals surface area contributed by atoms with Crippen LogP contribution in [0.5, 0.6) is 11.5 Å². The molecule has 0 aliphatic rings. The van der Waals surface area contributed by atoms with Gasteiger partial charge in [-0.1, -0.05) is 6.92 Å². The standard InChI is InChI=1S/C16H17NO3/c1-3-16(18)20-15-10-6-13(7-11-15)17-12-4-8-14(19-2)9-5-12/h4-11,17H,3H2,1-2H3. The summed E-state index contributed by atoms with van der Waals surface area (Å²) in [5.41, 5.74) is 1.88. The molecule has 0 radical (unpaired) electrons. The fourth-order valence-corrected chi connectivity index (χ4v) is 1.65. The Bertz CT molecular complexity index is 561. The molecule has 20 heavy (non-hydrogen) atoms. The normalized spacial score (nSPS) is 9.90. The lowest BCUT2D eigenvalue weighted by atomic mass is 10.2. The number of ether oxygens (including phenoxy) is 2. The molecule has 0 unspecified atom stereocenters. The minimum absolute atomic E-state index is 0.235. The van der Waals surface area contributed by atoms with E-state index in [1.54, 1.807) is 26.2 Å². The van der Waals surface area contributed by atoms with E-state index in [1.807, 2.05) is 36.4 Å². The topological polar surface area (TPSA) is 47.6 Å². The van der Waals surface area contributed by atoms with Gasteiger partial charge in [0.2, 0.25) is 0 Å². The number of benzene rings is 2. The number of carbonyl (C=O) groups is 1. The Labute approximate surface area is 118 Å². The van der Waals surface area contributed by atoms with Crippen LogP contribution < -0.4 is 14.8 Å². The van der Waals surface area contributed by atoms with Crippen LogP contribution in [0.1, 0.15) is 13.3 Å². The molecule has 0 atom stereocenters. The van der Waals surface area contributed by atoms with Gasteiger partial charge in [0.15, 0.2) is 0 Å². The van der Waals surface area contributed by atoms with Crippen LogP contribution in [0.3, 0.4) is 0 Å². The smallest absolute Gasteiger partial charge is 0.310 e. The lowest BCUT2D eigenvalue weighted by Crippen LogP contribution is -2.05. The van der Waals surface area contributed by atoms with E-state index in [2.05, 4.69) is 5.32 Å². The first-order valence-corrected chi connectivity index (χ1v) is 6.43. The van der Waals surface area contributed by atoms with Crippen LogP contribution in [0, 0.1) is 0 Å². The average molecular weight is 271 g/mol. The number of hydrogen-bond acceptors (Lipinski definition) is 4. The average Bonchev–Trinajstić information content (AvgIpc) is 2.50. The van der Waals surface area contributed by atoms with Crippen LogP contribution in [-0.4, -0.2) is 13.1 Å². The van der Waals surface area contributed by atoms with Crippen LogP contribution in [0.15, 0.2) is 48.5 Å². The predicted molar refractivity (Wildman–Crippen MR) is 78.6 cm³/mol. The molecule has 2 rings (SSSR count). The van der Waals surface area contributed by atoms with Crippen molar-refractivity contribution in [2.75, 3.05) is 12.4 Å². The Morgan fingerprint density at radius 1 is 0.950 bits per heavy atom. The summed E-state index contributed by atoms with van der Waals surface area (Å²) >= 11 is 0. The molecule has 4 nitrogen and oxygen atoms in total. The molecule has 0 aliphatic heterocycles. The van der Waals surface area contributed by atoms with Gasteiger partial charge >= 0.3 is 5.97 Å². The molecule has 2 aromatic rings. The van der Waals surface area contributed by atoms with Gasteiger partial charge in [-0.15, -0.1) is 0 Å². The molecule has 1 N–H and O–H groups in total. The Morgan fingerprint density at radius 2 is 1.45 bits per heavy atom. The fraction of sp³-hybridized carbons (Fsp3) is 0.188. The molecule has 0 fully saturated rings. The van der Waals surface area contributed by atoms with Crippen molar-refractivity contribution in [1.82, 2.24) is 0 Å². The van der Waals surface area contributed by atoms with E-state index in [0.29, 0.717) is 12.2 Å². The van der Waals surface area contributed by atoms with Gasteiger partial charge in [-0.2, -0.15) is 0 Å². The Balaban J connectivity index is 2.00. The zero-order chi connectivity index (χ0) is 14.4. The number of hydrogen-bond donors (Lipinski definition) is 1. The largest absolute Gasteiger partial charge is 0.497 e. The molecule has 0 saturated carbocycles. The zero-order valence-corrected chi connectivity index (χ0v) is 11.6. The zero-order valence-electron chi connectivity index (χ0n) is 11.6. The SMILES string of the molecule is CCC(=O)Oc1ccc(Nc2ccc(OC)cc2)cc1. The molecular formula is C16H17NO3. The van der Waals surface area contributed by atoms with E-state index in [4.69, 9.17) is 9.47 Å². The van der Waals surface area contributed by atoms with E-state index in [9.17, 15) is 4.79 Å². The Hall–Kier alpha value is -2.49. The maximum absolute atomic E-state index is 11.2. The lowest BCUT2D eigenvalue weighted by Gasteiger charge is -2.08. The highest BCUT2D eigenvalue weighted by Gasteiger charge is 2.01. The summed E-state index contributed by atoms with van der Waals surface area (Å²) in [4.78, 5) is 11.2. The maximum atomic E-state index is 11.2. The number of nitrogens with one attached hydrogen (secondary N) is 1. The quantitative estimate of drug-likeness (QED) is 0.664. The molecule has 4 heteroatoms. The third-order valence-corrected chi connectivity index (χ3v) is 2.75. The van der Waals surface area contributed by atoms with Gasteiger partial charge in [0.25, 0.3) is 0 Å². The van der Waals surface area contributed by atoms with Crippen molar-refractivity contribution in [2.45, 2.75) is 13.3 Å². The third kappa shape index (κ3) is 3.75. The predicted octanol–water partition coefficient (Wildman–Crippen LogP) is 3.75. The van der Waals surface area contributed by atoms with Crippen molar-refractivity contribution in [1.29, 1.82) is 0 Å². The highest BCUT2D eigenvalue weighted by atomic mass is 16.5. The van der Waals surface area contributed by atoms with E-state index in [0.717, 1.165) is 17.1 Å². The van der Waals surface area contributed by atoms with Crippen molar-refractivity contribution in [3.8, 4) is 11.5 Å². The van der Waals surface area contributed by atoms with Crippen LogP contribution in [0.25, 0.3) is 0 Å². The minimum Gasteiger partial charge on any atom is -0.497 e. The number of rotatable bonds is 5. The van der Waals surface area contributed by atoms with Gasteiger partial charge in [-0.3, -0.25) is 4.79 Å². The van der Waals surface area contributed by atoms with Crippen LogP contribution in [0.4, 0.5) is 11.4 Å². The summed E-state index contributed by atoms with van der Waals surface area (Å²) in [5.74, 6) is 1.13. The molecule has 0 saturated heterocycles. The van der Waals surface area contributed by atoms with Gasteiger partial charge in [-0.05, 0) is 48.5 Å². The first-order chi connectivity index (χ1) is 9.71. The number of anilines is 2. The second kappa shape index (κ2) is 6.61. The first-order valence-electron chi connectivity index (χ1n) is 6.43. The minimum atomic E-state index is -0.235. The van der Waals surface area contributed by atoms with Crippen molar-refractivity contribution >= 4 is 17.3 Å². The van der Waals surface area contributed by atoms with Gasteiger partial charge in [0.1, 0.15) is 11.5 Å². The van der Waals surface area contributed by atoms with E-state index < -0.39 is 0 Å². The summed E-state index contributed by atoms with van der Waals surface area (Å²) in [6.45, 7) is 1.77. The highest BCUT2D eigenvalue weighted by molar-refractivity contribution is 5.72. The molecule has 0 amide bonds. The second-order valence-electron chi connectivity index (χ2n) is 4.21. The first kappa shape index (κ1) is 13.9. The van der Waals surface area contributed by atoms with Crippen LogP contribution in [0.2, 0.25) is 0 Å². The maximum Gasteiger partial charge on any atom is 0.310 e. The second-order valence-corrected chi connectivity index (χ2v) is 4.21. The van der Waals surface area contributed by atoms with E-state index in [1.165, 1.54) is 0 Å². The van der Waals surface area contributed by atoms with Gasteiger partial charge in [0, 0.05) is 17.8 Å². The van der Waals surface area contributed by atoms with Crippen molar-refractivity contribution in [2.24, 2.45) is 0 Å². The molecule has 0 aromatic heterocycles. The van der Waals surface area contributed by atoms with E-state index in [-0.39, 0.29) is 5.97 Å². The summed E-state index contributed by atoms with van der Waals surface area (Å²) < 4.78 is 10.2. The van der Waals surface area contributed by atoms with Gasteiger partial charge in [-0.25, -0.2) is 0 Å². The summed E-state index contributed by atoms with van der Waals surface area (Å²) in [5, 5.41) is 3.25. The summed E-state index contributed by atoms with van der Waals surface area (Å²) in [7, 11) is 1.64. The van der Waals surface area contributed by atoms with E-state index >= 15 is 0 Å². The molecule has 2 aromatic carbocycles. The van der Waals surface area contributed by atoms with Crippen molar-refractivity contribution in [3.63, 3.8) is 0 Å². The fourth-order valence-electron chi connectivity index (χ4n) is 1.65. The lowest BCUT2D eigenvalue weighted by molar-refractivity contribution is -0.134. The van der Waals surface area contributed by atoms with Crippen LogP contribution in [-0.2, 0) is 4.79 Å². The summed E-state index contributed by atoms with van der Waals surface area (Å²) in [6.07, 6.45) is 0.367. The molecule has 0 bridgehead atoms. The molecular weight excluding hydrogens is 254 g/mol. The molecule has 0 heterocycles. The van der Waals surface area contributed by atoms with Crippen molar-refractivity contribution < 1.29 is 14.3 Å². The molecule has 0 spiro atoms.